The molecule has 2 aromatic rings. The van der Waals surface area contributed by atoms with Crippen LogP contribution in [-0.2, 0) is 9.59 Å². The molecule has 1 fully saturated rings. The number of Topliss-reactive ketones (excluding diaryl/α,β-unsaturated/α-hetero) is 2. The molecule has 1 amide bonds. The minimum absolute atomic E-state index is 0.0448. The third-order valence-corrected chi connectivity index (χ3v) is 6.78. The number of benzene rings is 1. The van der Waals surface area contributed by atoms with Crippen LogP contribution in [-0.4, -0.2) is 28.9 Å². The maximum atomic E-state index is 12.8. The number of allylic oxidation sites excluding steroid dienone is 1. The molecule has 168 valence electrons. The topological polar surface area (TPSA) is 113 Å². The zero-order valence-electron chi connectivity index (χ0n) is 18.4. The lowest BCUT2D eigenvalue weighted by Gasteiger charge is -2.33. The van der Waals surface area contributed by atoms with Crippen molar-refractivity contribution in [3.05, 3.63) is 64.1 Å². The largest absolute Gasteiger partial charge is 0.466 e. The Morgan fingerprint density at radius 1 is 1.18 bits per heavy atom. The Bertz CT molecular complexity index is 1220. The molecule has 1 N–H and O–H groups in total. The summed E-state index contributed by atoms with van der Waals surface area (Å²) in [6.07, 6.45) is 1.88. The number of nitrogens with zero attached hydrogens (tertiary/aromatic N) is 2. The van der Waals surface area contributed by atoms with Crippen molar-refractivity contribution < 1.29 is 18.8 Å². The monoisotopic (exact) mass is 461 g/mol. The van der Waals surface area contributed by atoms with Crippen molar-refractivity contribution in [2.24, 2.45) is 10.9 Å². The summed E-state index contributed by atoms with van der Waals surface area (Å²) in [6.45, 7) is 3.31. The van der Waals surface area contributed by atoms with Crippen LogP contribution in [0.1, 0.15) is 54.0 Å². The number of aliphatic imine (C=N–C) groups is 1. The summed E-state index contributed by atoms with van der Waals surface area (Å²) in [4.78, 5) is 41.4. The number of fused-ring (bicyclic) bond motifs is 1. The molecule has 2 heterocycles. The molecule has 0 radical (unpaired) electrons. The molecule has 33 heavy (non-hydrogen) atoms. The van der Waals surface area contributed by atoms with Gasteiger partial charge in [-0.15, -0.1) is 0 Å². The first kappa shape index (κ1) is 22.7. The molecule has 7 nitrogen and oxygen atoms in total. The van der Waals surface area contributed by atoms with Crippen LogP contribution in [0.5, 0.6) is 0 Å². The van der Waals surface area contributed by atoms with Crippen LogP contribution in [0, 0.1) is 24.2 Å². The highest BCUT2D eigenvalue weighted by molar-refractivity contribution is 8.03. The number of nitrogens with one attached hydrogen (secondary N) is 1. The Hall–Kier alpha value is -3.44. The number of ketones is 2. The molecule has 0 saturated heterocycles. The average molecular weight is 462 g/mol. The van der Waals surface area contributed by atoms with E-state index in [9.17, 15) is 19.6 Å². The highest BCUT2D eigenvalue weighted by atomic mass is 32.2. The quantitative estimate of drug-likeness (QED) is 0.618. The number of nitriles is 1. The molecular formula is C25H23N3O4S. The lowest BCUT2D eigenvalue weighted by Crippen LogP contribution is -2.37. The molecule has 1 aliphatic heterocycles. The van der Waals surface area contributed by atoms with Crippen molar-refractivity contribution in [1.82, 2.24) is 0 Å². The summed E-state index contributed by atoms with van der Waals surface area (Å²) >= 11 is 1.18. The van der Waals surface area contributed by atoms with Crippen LogP contribution in [0.3, 0.4) is 0 Å². The molecule has 1 saturated carbocycles. The third kappa shape index (κ3) is 4.83. The van der Waals surface area contributed by atoms with Gasteiger partial charge >= 0.3 is 0 Å². The van der Waals surface area contributed by atoms with Crippen LogP contribution in [0.4, 0.5) is 5.69 Å². The Kier molecular flexibility index (Phi) is 6.61. The van der Waals surface area contributed by atoms with Gasteiger partial charge in [-0.1, -0.05) is 11.8 Å². The summed E-state index contributed by atoms with van der Waals surface area (Å²) in [5, 5.41) is 13.2. The number of furan rings is 1. The second kappa shape index (κ2) is 9.59. The van der Waals surface area contributed by atoms with Crippen molar-refractivity contribution in [2.75, 3.05) is 11.1 Å². The van der Waals surface area contributed by atoms with Crippen LogP contribution < -0.4 is 5.32 Å². The maximum absolute atomic E-state index is 12.8. The predicted molar refractivity (Wildman–Crippen MR) is 126 cm³/mol. The smallest absolute Gasteiger partial charge is 0.234 e. The fourth-order valence-electron chi connectivity index (χ4n) is 4.21. The van der Waals surface area contributed by atoms with E-state index in [1.807, 2.05) is 19.1 Å². The van der Waals surface area contributed by atoms with Crippen molar-refractivity contribution in [2.45, 2.75) is 39.0 Å². The first-order valence-corrected chi connectivity index (χ1v) is 11.7. The van der Waals surface area contributed by atoms with Crippen molar-refractivity contribution >= 4 is 40.6 Å². The van der Waals surface area contributed by atoms with Gasteiger partial charge < -0.3 is 9.73 Å². The maximum Gasteiger partial charge on any atom is 0.234 e. The standard InChI is InChI=1S/C25H23N3O4S/c1-14-6-11-21(32-14)23-18(12-26)25(28-19-4-3-5-20(30)24(19)23)33-13-22(31)27-17-9-7-16(8-10-17)15(2)29/h6-11,23-24H,3-5,13H2,1-2H3,(H,27,31)/t23-,24+/m1/s1. The average Bonchev–Trinajstić information content (AvgIpc) is 3.23. The van der Waals surface area contributed by atoms with E-state index >= 15 is 0 Å². The van der Waals surface area contributed by atoms with E-state index in [1.165, 1.54) is 18.7 Å². The van der Waals surface area contributed by atoms with Gasteiger partial charge in [0.1, 0.15) is 22.3 Å². The van der Waals surface area contributed by atoms with Crippen LogP contribution in [0.25, 0.3) is 0 Å². The lowest BCUT2D eigenvalue weighted by molar-refractivity contribution is -0.122. The van der Waals surface area contributed by atoms with E-state index in [-0.39, 0.29) is 23.2 Å². The van der Waals surface area contributed by atoms with Crippen molar-refractivity contribution in [3.8, 4) is 6.07 Å². The van der Waals surface area contributed by atoms with Crippen molar-refractivity contribution in [1.29, 1.82) is 5.26 Å². The molecular weight excluding hydrogens is 438 g/mol. The first-order chi connectivity index (χ1) is 15.9. The summed E-state index contributed by atoms with van der Waals surface area (Å²) < 4.78 is 5.83. The summed E-state index contributed by atoms with van der Waals surface area (Å²) in [6, 6.07) is 12.5. The molecule has 4 rings (SSSR count). The minimum atomic E-state index is -0.520. The number of amides is 1. The number of carbonyl (C=O) groups is 3. The minimum Gasteiger partial charge on any atom is -0.466 e. The SMILES string of the molecule is CC(=O)c1ccc(NC(=O)CSC2=C(C#N)[C@H](c3ccc(C)o3)[C@@H]3C(=O)CCCC3=N2)cc1. The Labute approximate surface area is 196 Å². The van der Waals surface area contributed by atoms with Gasteiger partial charge in [0.2, 0.25) is 5.91 Å². The lowest BCUT2D eigenvalue weighted by atomic mass is 9.72. The van der Waals surface area contributed by atoms with Gasteiger partial charge in [-0.05, 0) is 63.1 Å². The molecule has 8 heteroatoms. The number of carbonyl (C=O) groups excluding carboxylic acids is 3. The van der Waals surface area contributed by atoms with Crippen LogP contribution in [0.15, 0.2) is 56.4 Å². The predicted octanol–water partition coefficient (Wildman–Crippen LogP) is 4.81. The number of rotatable bonds is 6. The van der Waals surface area contributed by atoms with Crippen molar-refractivity contribution in [3.63, 3.8) is 0 Å². The normalized spacial score (nSPS) is 20.0. The van der Waals surface area contributed by atoms with E-state index in [4.69, 9.17) is 4.42 Å². The van der Waals surface area contributed by atoms with E-state index in [2.05, 4.69) is 16.4 Å². The van der Waals surface area contributed by atoms with E-state index < -0.39 is 11.8 Å². The molecule has 0 bridgehead atoms. The molecule has 0 unspecified atom stereocenters. The van der Waals surface area contributed by atoms with Gasteiger partial charge in [0.15, 0.2) is 5.78 Å². The van der Waals surface area contributed by atoms with E-state index in [0.717, 1.165) is 12.1 Å². The van der Waals surface area contributed by atoms with Crippen LogP contribution >= 0.6 is 11.8 Å². The van der Waals surface area contributed by atoms with Gasteiger partial charge in [-0.2, -0.15) is 5.26 Å². The molecule has 0 spiro atoms. The number of thioether (sulfide) groups is 1. The zero-order chi connectivity index (χ0) is 23.5. The molecule has 1 aromatic carbocycles. The number of hydrogen-bond donors (Lipinski definition) is 1. The zero-order valence-corrected chi connectivity index (χ0v) is 19.2. The van der Waals surface area contributed by atoms with Gasteiger partial charge in [0.25, 0.3) is 0 Å². The molecule has 1 aromatic heterocycles. The van der Waals surface area contributed by atoms with Crippen LogP contribution in [0.2, 0.25) is 0 Å². The third-order valence-electron chi connectivity index (χ3n) is 5.79. The highest BCUT2D eigenvalue weighted by Gasteiger charge is 2.43. The van der Waals surface area contributed by atoms with Gasteiger partial charge in [-0.3, -0.25) is 14.4 Å². The Balaban J connectivity index is 1.55. The molecule has 2 atom stereocenters. The second-order valence-corrected chi connectivity index (χ2v) is 9.09. The first-order valence-electron chi connectivity index (χ1n) is 10.7. The second-order valence-electron chi connectivity index (χ2n) is 8.13. The Morgan fingerprint density at radius 3 is 2.58 bits per heavy atom. The fraction of sp³-hybridized carbons (Fsp3) is 0.320. The van der Waals surface area contributed by atoms with Gasteiger partial charge in [0, 0.05) is 23.4 Å². The van der Waals surface area contributed by atoms with E-state index in [1.54, 1.807) is 24.3 Å². The number of aryl methyl sites for hydroxylation is 1. The van der Waals surface area contributed by atoms with Gasteiger partial charge in [-0.25, -0.2) is 4.99 Å². The number of anilines is 1. The molecule has 1 aliphatic carbocycles. The summed E-state index contributed by atoms with van der Waals surface area (Å²) in [7, 11) is 0. The van der Waals surface area contributed by atoms with E-state index in [0.29, 0.717) is 46.2 Å². The summed E-state index contributed by atoms with van der Waals surface area (Å²) in [5.41, 5.74) is 2.26. The summed E-state index contributed by atoms with van der Waals surface area (Å²) in [5.74, 6) is 0.0929. The highest BCUT2D eigenvalue weighted by Crippen LogP contribution is 2.45. The Morgan fingerprint density at radius 2 is 1.94 bits per heavy atom. The molecule has 2 aliphatic rings. The van der Waals surface area contributed by atoms with Gasteiger partial charge in [0.05, 0.1) is 29.2 Å². The number of hydrogen-bond acceptors (Lipinski definition) is 7. The fourth-order valence-corrected chi connectivity index (χ4v) is 5.06.